The Morgan fingerprint density at radius 3 is 1.14 bits per heavy atom. The number of hydrogen-bond acceptors (Lipinski definition) is 6. The minimum absolute atomic E-state index is 0.471. The Kier molecular flexibility index (Phi) is 12.8. The summed E-state index contributed by atoms with van der Waals surface area (Å²) in [4.78, 5) is 28.8. The molecule has 0 N–H and O–H groups in total. The molecule has 0 fully saturated rings. The number of rotatable bonds is 10. The molecular weight excluding hydrogens is 1080 g/mol. The summed E-state index contributed by atoms with van der Waals surface area (Å²) in [5, 5.41) is 24.5. The van der Waals surface area contributed by atoms with Gasteiger partial charge in [0.1, 0.15) is 0 Å². The van der Waals surface area contributed by atoms with Crippen LogP contribution in [0.15, 0.2) is 267 Å². The van der Waals surface area contributed by atoms with Crippen molar-refractivity contribution in [3.63, 3.8) is 0 Å². The zero-order valence-corrected chi connectivity index (χ0v) is 46.9. The fourth-order valence-electron chi connectivity index (χ4n) is 12.3. The molecule has 406 valence electrons. The van der Waals surface area contributed by atoms with E-state index in [2.05, 4.69) is 128 Å². The van der Waals surface area contributed by atoms with Gasteiger partial charge in [0.25, 0.3) is 0 Å². The molecule has 0 aliphatic carbocycles. The van der Waals surface area contributed by atoms with Gasteiger partial charge >= 0.3 is 0 Å². The van der Waals surface area contributed by atoms with Gasteiger partial charge in [0, 0.05) is 50.0 Å². The van der Waals surface area contributed by atoms with E-state index in [1.807, 2.05) is 170 Å². The molecule has 11 aromatic carbocycles. The highest BCUT2D eigenvalue weighted by Gasteiger charge is 2.25. The van der Waals surface area contributed by atoms with Crippen molar-refractivity contribution in [1.29, 1.82) is 10.5 Å². The number of nitriles is 2. The minimum atomic E-state index is 0.471. The maximum atomic E-state index is 10.4. The van der Waals surface area contributed by atoms with Crippen molar-refractivity contribution < 1.29 is 0 Å². The van der Waals surface area contributed by atoms with Crippen LogP contribution in [0.25, 0.3) is 155 Å². The second-order valence-electron chi connectivity index (χ2n) is 21.3. The van der Waals surface area contributed by atoms with E-state index in [1.165, 1.54) is 0 Å². The van der Waals surface area contributed by atoms with Gasteiger partial charge in [0.15, 0.2) is 28.8 Å². The van der Waals surface area contributed by atoms with Crippen LogP contribution in [0.4, 0.5) is 11.4 Å². The van der Waals surface area contributed by atoms with Gasteiger partial charge < -0.3 is 9.13 Å². The standard InChI is InChI=1S/C78H44N10/c1-81-67-28-15-13-26-60(67)53-33-38-70-64(44-53)62-42-51(58-24-11-9-22-56(58)47-79)31-36-69(62)87(70)73-40-35-55(78-85-76(49-18-5-3-6-19-49)84-77(86-78)50-20-7-4-8-21-50)46-66(73)75-74(30-17-41-83-75)88-71-37-32-52(59-25-12-10-23-57(59)48-80)43-63(71)65-45-54(34-39-72(65)88)61-27-14-16-29-68(61)82-2/h3-46H. The van der Waals surface area contributed by atoms with Crippen LogP contribution in [-0.4, -0.2) is 29.1 Å². The van der Waals surface area contributed by atoms with Crippen molar-refractivity contribution in [2.75, 3.05) is 0 Å². The van der Waals surface area contributed by atoms with Gasteiger partial charge in [-0.3, -0.25) is 4.98 Å². The van der Waals surface area contributed by atoms with Gasteiger partial charge in [-0.05, 0) is 136 Å². The summed E-state index contributed by atoms with van der Waals surface area (Å²) in [5.41, 5.74) is 18.2. The molecule has 0 spiro atoms. The first kappa shape index (κ1) is 52.0. The minimum Gasteiger partial charge on any atom is -0.309 e. The average Bonchev–Trinajstić information content (AvgIpc) is 1.61. The topological polar surface area (TPSA) is 118 Å². The van der Waals surface area contributed by atoms with Crippen LogP contribution < -0.4 is 0 Å². The monoisotopic (exact) mass is 1120 g/mol. The van der Waals surface area contributed by atoms with Crippen molar-refractivity contribution in [2.24, 2.45) is 0 Å². The van der Waals surface area contributed by atoms with Crippen LogP contribution in [0.2, 0.25) is 0 Å². The highest BCUT2D eigenvalue weighted by molar-refractivity contribution is 6.14. The first-order valence-corrected chi connectivity index (χ1v) is 28.5. The lowest BCUT2D eigenvalue weighted by molar-refractivity contribution is 1.07. The zero-order valence-electron chi connectivity index (χ0n) is 46.9. The lowest BCUT2D eigenvalue weighted by atomic mass is 9.97. The molecule has 15 aromatic rings. The third-order valence-corrected chi connectivity index (χ3v) is 16.4. The summed E-state index contributed by atoms with van der Waals surface area (Å²) in [6, 6.07) is 91.3. The molecule has 0 saturated heterocycles. The van der Waals surface area contributed by atoms with Crippen LogP contribution in [-0.2, 0) is 0 Å². The molecule has 0 saturated carbocycles. The molecule has 88 heavy (non-hydrogen) atoms. The second-order valence-corrected chi connectivity index (χ2v) is 21.3. The molecule has 15 rings (SSSR count). The molecule has 0 unspecified atom stereocenters. The number of aromatic nitrogens is 6. The van der Waals surface area contributed by atoms with Crippen molar-refractivity contribution >= 4 is 55.0 Å². The quantitative estimate of drug-likeness (QED) is 0.126. The van der Waals surface area contributed by atoms with E-state index in [0.717, 1.165) is 122 Å². The van der Waals surface area contributed by atoms with E-state index < -0.39 is 0 Å². The third-order valence-electron chi connectivity index (χ3n) is 16.4. The Morgan fingerprint density at radius 2 is 0.693 bits per heavy atom. The van der Waals surface area contributed by atoms with E-state index in [-0.39, 0.29) is 0 Å². The van der Waals surface area contributed by atoms with Crippen molar-refractivity contribution in [3.05, 3.63) is 301 Å². The van der Waals surface area contributed by atoms with Crippen molar-refractivity contribution in [3.8, 4) is 113 Å². The molecule has 10 heteroatoms. The van der Waals surface area contributed by atoms with E-state index in [1.54, 1.807) is 0 Å². The largest absolute Gasteiger partial charge is 0.309 e. The Bertz CT molecular complexity index is 5230. The lowest BCUT2D eigenvalue weighted by Crippen LogP contribution is -2.04. The molecule has 0 aliphatic rings. The summed E-state index contributed by atoms with van der Waals surface area (Å²) < 4.78 is 4.56. The highest BCUT2D eigenvalue weighted by atomic mass is 15.0. The van der Waals surface area contributed by atoms with Crippen LogP contribution in [0.5, 0.6) is 0 Å². The molecule has 0 radical (unpaired) electrons. The number of fused-ring (bicyclic) bond motifs is 6. The zero-order chi connectivity index (χ0) is 59.2. The molecule has 0 atom stereocenters. The van der Waals surface area contributed by atoms with E-state index >= 15 is 0 Å². The lowest BCUT2D eigenvalue weighted by Gasteiger charge is -2.19. The summed E-state index contributed by atoms with van der Waals surface area (Å²) in [6.07, 6.45) is 1.83. The molecule has 10 nitrogen and oxygen atoms in total. The molecule has 0 aliphatic heterocycles. The van der Waals surface area contributed by atoms with Gasteiger partial charge in [0.2, 0.25) is 0 Å². The van der Waals surface area contributed by atoms with Gasteiger partial charge in [-0.25, -0.2) is 24.6 Å². The fraction of sp³-hybridized carbons (Fsp3) is 0. The van der Waals surface area contributed by atoms with Gasteiger partial charge in [-0.2, -0.15) is 10.5 Å². The normalized spacial score (nSPS) is 11.1. The summed E-state index contributed by atoms with van der Waals surface area (Å²) >= 11 is 0. The van der Waals surface area contributed by atoms with Gasteiger partial charge in [0.05, 0.1) is 75.5 Å². The smallest absolute Gasteiger partial charge is 0.194 e. The third kappa shape index (κ3) is 8.87. The predicted octanol–water partition coefficient (Wildman–Crippen LogP) is 19.6. The SMILES string of the molecule is [C-]#[N+]c1ccccc1-c1ccc2c(c1)c1cc(-c3ccccc3C#N)ccc1n2-c1ccc(-c2nc(-c3ccccc3)nc(-c3ccccc3)n2)cc1-c1ncccc1-n1c2ccc(-c3ccccc3C#N)cc2c2cc(-c3ccccc3[N+]#[C-])ccc21. The predicted molar refractivity (Wildman–Crippen MR) is 352 cm³/mol. The molecule has 4 aromatic heterocycles. The Hall–Kier alpha value is -12.9. The molecule has 4 heterocycles. The maximum Gasteiger partial charge on any atom is 0.194 e. The Morgan fingerprint density at radius 1 is 0.318 bits per heavy atom. The second kappa shape index (κ2) is 21.7. The average molecular weight is 1120 g/mol. The van der Waals surface area contributed by atoms with Crippen LogP contribution in [0.3, 0.4) is 0 Å². The van der Waals surface area contributed by atoms with E-state index in [4.69, 9.17) is 33.1 Å². The maximum absolute atomic E-state index is 10.4. The number of para-hydroxylation sites is 2. The summed E-state index contributed by atoms with van der Waals surface area (Å²) in [5.74, 6) is 1.53. The Labute approximate surface area is 506 Å². The van der Waals surface area contributed by atoms with Gasteiger partial charge in [-0.1, -0.05) is 170 Å². The molecular formula is C78H44N10. The number of nitrogens with zero attached hydrogens (tertiary/aromatic N) is 10. The fourth-order valence-corrected chi connectivity index (χ4v) is 12.3. The van der Waals surface area contributed by atoms with Crippen LogP contribution in [0, 0.1) is 35.8 Å². The van der Waals surface area contributed by atoms with E-state index in [0.29, 0.717) is 45.7 Å². The van der Waals surface area contributed by atoms with Crippen LogP contribution in [0.1, 0.15) is 11.1 Å². The van der Waals surface area contributed by atoms with Crippen molar-refractivity contribution in [1.82, 2.24) is 29.1 Å². The first-order chi connectivity index (χ1) is 43.5. The van der Waals surface area contributed by atoms with E-state index in [9.17, 15) is 10.5 Å². The highest BCUT2D eigenvalue weighted by Crippen LogP contribution is 2.46. The number of pyridine rings is 1. The van der Waals surface area contributed by atoms with Crippen molar-refractivity contribution in [2.45, 2.75) is 0 Å². The number of hydrogen-bond donors (Lipinski definition) is 0. The molecule has 0 amide bonds. The Balaban J connectivity index is 1.03. The molecule has 0 bridgehead atoms. The summed E-state index contributed by atoms with van der Waals surface area (Å²) in [6.45, 7) is 16.2. The summed E-state index contributed by atoms with van der Waals surface area (Å²) in [7, 11) is 0. The van der Waals surface area contributed by atoms with Gasteiger partial charge in [-0.15, -0.1) is 0 Å². The first-order valence-electron chi connectivity index (χ1n) is 28.5. The number of benzene rings is 11. The van der Waals surface area contributed by atoms with Crippen LogP contribution >= 0.6 is 0 Å².